The summed E-state index contributed by atoms with van der Waals surface area (Å²) in [6.07, 6.45) is 3.25. The highest BCUT2D eigenvalue weighted by Crippen LogP contribution is 2.32. The first-order chi connectivity index (χ1) is 10.1. The van der Waals surface area contributed by atoms with E-state index in [0.29, 0.717) is 27.1 Å². The number of halogens is 2. The Bertz CT molecular complexity index is 846. The molecule has 2 aromatic heterocycles. The van der Waals surface area contributed by atoms with Crippen LogP contribution in [0.5, 0.6) is 0 Å². The Morgan fingerprint density at radius 3 is 2.90 bits per heavy atom. The molecule has 6 nitrogen and oxygen atoms in total. The first-order valence-corrected chi connectivity index (χ1v) is 6.67. The number of hydrogen-bond acceptors (Lipinski definition) is 4. The lowest BCUT2D eigenvalue weighted by Crippen LogP contribution is -2.31. The van der Waals surface area contributed by atoms with Crippen LogP contribution in [0.25, 0.3) is 17.0 Å². The SMILES string of the molecule is NNC(=O)c1c(-c2cc(Cl)ccc2Cl)nc2ncccn12. The number of amides is 1. The third-order valence-corrected chi connectivity index (χ3v) is 3.50. The van der Waals surface area contributed by atoms with Gasteiger partial charge in [-0.3, -0.25) is 14.6 Å². The van der Waals surface area contributed by atoms with Gasteiger partial charge in [-0.15, -0.1) is 0 Å². The minimum absolute atomic E-state index is 0.241. The number of carbonyl (C=O) groups is 1. The first kappa shape index (κ1) is 13.8. The Hall–Kier alpha value is -2.15. The molecule has 0 aliphatic carbocycles. The van der Waals surface area contributed by atoms with E-state index in [4.69, 9.17) is 29.0 Å². The van der Waals surface area contributed by atoms with E-state index >= 15 is 0 Å². The molecule has 0 saturated heterocycles. The molecular formula is C13H9Cl2N5O. The average molecular weight is 322 g/mol. The van der Waals surface area contributed by atoms with E-state index in [1.807, 2.05) is 0 Å². The fourth-order valence-corrected chi connectivity index (χ4v) is 2.42. The first-order valence-electron chi connectivity index (χ1n) is 5.91. The highest BCUT2D eigenvalue weighted by atomic mass is 35.5. The van der Waals surface area contributed by atoms with Crippen molar-refractivity contribution >= 4 is 34.9 Å². The van der Waals surface area contributed by atoms with Crippen molar-refractivity contribution in [3.8, 4) is 11.3 Å². The minimum Gasteiger partial charge on any atom is -0.289 e. The maximum absolute atomic E-state index is 12.1. The van der Waals surface area contributed by atoms with E-state index in [2.05, 4.69) is 15.4 Å². The van der Waals surface area contributed by atoms with Gasteiger partial charge >= 0.3 is 0 Å². The molecule has 2 heterocycles. The molecule has 0 unspecified atom stereocenters. The Morgan fingerprint density at radius 1 is 1.33 bits per heavy atom. The van der Waals surface area contributed by atoms with E-state index < -0.39 is 5.91 Å². The summed E-state index contributed by atoms with van der Waals surface area (Å²) in [5.41, 5.74) is 3.24. The zero-order chi connectivity index (χ0) is 15.0. The number of imidazole rings is 1. The van der Waals surface area contributed by atoms with Crippen LogP contribution in [0, 0.1) is 0 Å². The number of rotatable bonds is 2. The van der Waals surface area contributed by atoms with Crippen LogP contribution in [-0.4, -0.2) is 20.3 Å². The van der Waals surface area contributed by atoms with E-state index in [0.717, 1.165) is 0 Å². The van der Waals surface area contributed by atoms with Gasteiger partial charge in [0.2, 0.25) is 5.78 Å². The maximum atomic E-state index is 12.1. The summed E-state index contributed by atoms with van der Waals surface area (Å²) in [6.45, 7) is 0. The summed E-state index contributed by atoms with van der Waals surface area (Å²) in [6, 6.07) is 6.62. The van der Waals surface area contributed by atoms with Gasteiger partial charge in [-0.2, -0.15) is 0 Å². The summed E-state index contributed by atoms with van der Waals surface area (Å²) >= 11 is 12.2. The molecule has 21 heavy (non-hydrogen) atoms. The second-order valence-electron chi connectivity index (χ2n) is 4.20. The number of benzene rings is 1. The summed E-state index contributed by atoms with van der Waals surface area (Å²) in [4.78, 5) is 20.5. The molecule has 3 N–H and O–H groups in total. The van der Waals surface area contributed by atoms with Crippen LogP contribution in [0.2, 0.25) is 10.0 Å². The lowest BCUT2D eigenvalue weighted by molar-refractivity contribution is 0.0948. The Balaban J connectivity index is 2.36. The fourth-order valence-electron chi connectivity index (χ4n) is 2.04. The molecule has 0 aliphatic heterocycles. The molecule has 106 valence electrons. The largest absolute Gasteiger partial charge is 0.289 e. The van der Waals surface area contributed by atoms with Crippen molar-refractivity contribution in [3.63, 3.8) is 0 Å². The molecule has 8 heteroatoms. The van der Waals surface area contributed by atoms with Crippen molar-refractivity contribution in [2.75, 3.05) is 0 Å². The third kappa shape index (κ3) is 2.33. The van der Waals surface area contributed by atoms with Crippen LogP contribution in [0.3, 0.4) is 0 Å². The number of hydrogen-bond donors (Lipinski definition) is 2. The third-order valence-electron chi connectivity index (χ3n) is 2.93. The number of nitrogens with two attached hydrogens (primary N) is 1. The average Bonchev–Trinajstić information content (AvgIpc) is 2.88. The van der Waals surface area contributed by atoms with Crippen LogP contribution >= 0.6 is 23.2 Å². The number of nitrogen functional groups attached to an aromatic ring is 1. The van der Waals surface area contributed by atoms with Crippen LogP contribution in [0.15, 0.2) is 36.7 Å². The minimum atomic E-state index is -0.499. The molecule has 0 atom stereocenters. The van der Waals surface area contributed by atoms with Gasteiger partial charge < -0.3 is 0 Å². The number of fused-ring (bicyclic) bond motifs is 1. The zero-order valence-electron chi connectivity index (χ0n) is 10.5. The highest BCUT2D eigenvalue weighted by molar-refractivity contribution is 6.35. The van der Waals surface area contributed by atoms with Gasteiger partial charge in [0, 0.05) is 23.0 Å². The number of hydrazine groups is 1. The lowest BCUT2D eigenvalue weighted by atomic mass is 10.1. The number of nitrogens with zero attached hydrogens (tertiary/aromatic N) is 3. The van der Waals surface area contributed by atoms with Gasteiger partial charge in [0.15, 0.2) is 0 Å². The number of carbonyl (C=O) groups excluding carboxylic acids is 1. The molecule has 0 radical (unpaired) electrons. The molecule has 0 aliphatic rings. The normalized spacial score (nSPS) is 10.8. The monoisotopic (exact) mass is 321 g/mol. The van der Waals surface area contributed by atoms with E-state index in [1.165, 1.54) is 4.40 Å². The quantitative estimate of drug-likeness (QED) is 0.431. The molecule has 3 rings (SSSR count). The highest BCUT2D eigenvalue weighted by Gasteiger charge is 2.22. The molecule has 0 bridgehead atoms. The Kier molecular flexibility index (Phi) is 3.50. The number of nitrogens with one attached hydrogen (secondary N) is 1. The van der Waals surface area contributed by atoms with Gasteiger partial charge in [-0.05, 0) is 24.3 Å². The molecular weight excluding hydrogens is 313 g/mol. The lowest BCUT2D eigenvalue weighted by Gasteiger charge is -2.05. The standard InChI is InChI=1S/C13H9Cl2N5O/c14-7-2-3-9(15)8(6-7)10-11(12(21)19-16)20-5-1-4-17-13(20)18-10/h1-6H,16H2,(H,19,21). The van der Waals surface area contributed by atoms with Crippen molar-refractivity contribution in [2.45, 2.75) is 0 Å². The van der Waals surface area contributed by atoms with Crippen LogP contribution in [0.1, 0.15) is 10.5 Å². The van der Waals surface area contributed by atoms with Crippen LogP contribution in [-0.2, 0) is 0 Å². The molecule has 3 aromatic rings. The molecule has 0 saturated carbocycles. The van der Waals surface area contributed by atoms with Crippen LogP contribution in [0.4, 0.5) is 0 Å². The number of aromatic nitrogens is 3. The second kappa shape index (κ2) is 5.33. The maximum Gasteiger partial charge on any atom is 0.284 e. The van der Waals surface area contributed by atoms with Crippen molar-refractivity contribution in [1.29, 1.82) is 0 Å². The molecule has 1 aromatic carbocycles. The fraction of sp³-hybridized carbons (Fsp3) is 0. The van der Waals surface area contributed by atoms with Gasteiger partial charge in [0.05, 0.1) is 5.02 Å². The molecule has 0 spiro atoms. The second-order valence-corrected chi connectivity index (χ2v) is 5.04. The predicted molar refractivity (Wildman–Crippen MR) is 80.1 cm³/mol. The summed E-state index contributed by atoms with van der Waals surface area (Å²) in [5, 5.41) is 0.910. The van der Waals surface area contributed by atoms with Crippen molar-refractivity contribution in [3.05, 3.63) is 52.4 Å². The van der Waals surface area contributed by atoms with Crippen LogP contribution < -0.4 is 11.3 Å². The summed E-state index contributed by atoms with van der Waals surface area (Å²) < 4.78 is 1.54. The molecule has 0 fully saturated rings. The van der Waals surface area contributed by atoms with Gasteiger partial charge in [-0.1, -0.05) is 23.2 Å². The van der Waals surface area contributed by atoms with E-state index in [9.17, 15) is 4.79 Å². The molecule has 1 amide bonds. The van der Waals surface area contributed by atoms with Gasteiger partial charge in [0.1, 0.15) is 11.4 Å². The van der Waals surface area contributed by atoms with Crippen molar-refractivity contribution in [1.82, 2.24) is 19.8 Å². The van der Waals surface area contributed by atoms with E-state index in [-0.39, 0.29) is 5.69 Å². The predicted octanol–water partition coefficient (Wildman–Crippen LogP) is 2.31. The van der Waals surface area contributed by atoms with Crippen molar-refractivity contribution in [2.24, 2.45) is 5.84 Å². The van der Waals surface area contributed by atoms with Gasteiger partial charge in [-0.25, -0.2) is 15.8 Å². The summed E-state index contributed by atoms with van der Waals surface area (Å²) in [5.74, 6) is 5.11. The Labute approximate surface area is 129 Å². The Morgan fingerprint density at radius 2 is 2.14 bits per heavy atom. The van der Waals surface area contributed by atoms with E-state index in [1.54, 1.807) is 36.7 Å². The summed E-state index contributed by atoms with van der Waals surface area (Å²) in [7, 11) is 0. The zero-order valence-corrected chi connectivity index (χ0v) is 12.1. The topological polar surface area (TPSA) is 85.3 Å². The smallest absolute Gasteiger partial charge is 0.284 e. The van der Waals surface area contributed by atoms with Gasteiger partial charge in [0.25, 0.3) is 5.91 Å². The van der Waals surface area contributed by atoms with Crippen molar-refractivity contribution < 1.29 is 4.79 Å².